The van der Waals surface area contributed by atoms with Crippen molar-refractivity contribution in [1.29, 1.82) is 0 Å². The molecule has 0 radical (unpaired) electrons. The molecule has 0 aromatic rings. The molecule has 2 heteroatoms. The minimum absolute atomic E-state index is 0.547. The van der Waals surface area contributed by atoms with E-state index in [9.17, 15) is 0 Å². The van der Waals surface area contributed by atoms with Crippen molar-refractivity contribution in [2.75, 3.05) is 12.8 Å². The van der Waals surface area contributed by atoms with Gasteiger partial charge in [0, 0.05) is 17.3 Å². The van der Waals surface area contributed by atoms with E-state index in [1.807, 2.05) is 0 Å². The average molecular weight is 241 g/mol. The first kappa shape index (κ1) is 12.8. The lowest BCUT2D eigenvalue weighted by Gasteiger charge is -2.39. The van der Waals surface area contributed by atoms with Crippen LogP contribution in [0.5, 0.6) is 0 Å². The maximum absolute atomic E-state index is 3.84. The zero-order valence-corrected chi connectivity index (χ0v) is 12.1. The second-order valence-corrected chi connectivity index (χ2v) is 8.15. The smallest absolute Gasteiger partial charge is 0.0282 e. The van der Waals surface area contributed by atoms with Gasteiger partial charge in [0.25, 0.3) is 0 Å². The molecule has 2 atom stereocenters. The Kier molecular flexibility index (Phi) is 3.61. The van der Waals surface area contributed by atoms with Gasteiger partial charge in [0.15, 0.2) is 0 Å². The summed E-state index contributed by atoms with van der Waals surface area (Å²) in [6.45, 7) is 8.51. The minimum atomic E-state index is 0.547. The molecule has 16 heavy (non-hydrogen) atoms. The minimum Gasteiger partial charge on any atom is -0.313 e. The van der Waals surface area contributed by atoms with Gasteiger partial charge in [-0.2, -0.15) is 11.8 Å². The monoisotopic (exact) mass is 241 g/mol. The number of hydrogen-bond acceptors (Lipinski definition) is 2. The standard InChI is InChI=1S/C14H27NS/c1-11-7-12(9-13(2,3)8-11)15-10-14(16-4)5-6-14/h11-12,15H,5-10H2,1-4H3. The number of nitrogens with one attached hydrogen (secondary N) is 1. The number of thioether (sulfide) groups is 1. The van der Waals surface area contributed by atoms with E-state index >= 15 is 0 Å². The Hall–Kier alpha value is 0.310. The normalized spacial score (nSPS) is 36.0. The van der Waals surface area contributed by atoms with Gasteiger partial charge in [-0.3, -0.25) is 0 Å². The van der Waals surface area contributed by atoms with E-state index in [1.165, 1.54) is 38.6 Å². The van der Waals surface area contributed by atoms with Crippen LogP contribution in [-0.4, -0.2) is 23.6 Å². The molecular formula is C14H27NS. The summed E-state index contributed by atoms with van der Waals surface area (Å²) in [5.41, 5.74) is 0.547. The maximum Gasteiger partial charge on any atom is 0.0282 e. The van der Waals surface area contributed by atoms with Gasteiger partial charge < -0.3 is 5.32 Å². The fourth-order valence-corrected chi connectivity index (χ4v) is 4.16. The zero-order valence-electron chi connectivity index (χ0n) is 11.3. The van der Waals surface area contributed by atoms with E-state index in [1.54, 1.807) is 0 Å². The molecule has 2 unspecified atom stereocenters. The van der Waals surface area contributed by atoms with E-state index < -0.39 is 0 Å². The highest BCUT2D eigenvalue weighted by Crippen LogP contribution is 2.47. The van der Waals surface area contributed by atoms with Crippen molar-refractivity contribution < 1.29 is 0 Å². The van der Waals surface area contributed by atoms with Crippen LogP contribution in [0.2, 0.25) is 0 Å². The molecule has 0 saturated heterocycles. The predicted octanol–water partition coefficient (Wildman–Crippen LogP) is 3.69. The van der Waals surface area contributed by atoms with E-state index in [0.717, 1.165) is 12.0 Å². The van der Waals surface area contributed by atoms with E-state index in [4.69, 9.17) is 0 Å². The highest BCUT2D eigenvalue weighted by Gasteiger charge is 2.42. The molecule has 94 valence electrons. The van der Waals surface area contributed by atoms with Gasteiger partial charge in [-0.1, -0.05) is 20.8 Å². The summed E-state index contributed by atoms with van der Waals surface area (Å²) < 4.78 is 0.616. The third-order valence-electron chi connectivity index (χ3n) is 4.34. The molecule has 1 nitrogen and oxygen atoms in total. The van der Waals surface area contributed by atoms with Gasteiger partial charge in [-0.05, 0) is 49.7 Å². The Labute approximate surface area is 105 Å². The molecule has 0 aliphatic heterocycles. The van der Waals surface area contributed by atoms with Crippen LogP contribution in [0.1, 0.15) is 52.9 Å². The Morgan fingerprint density at radius 1 is 1.25 bits per heavy atom. The van der Waals surface area contributed by atoms with Gasteiger partial charge in [0.1, 0.15) is 0 Å². The second-order valence-electron chi connectivity index (χ2n) is 6.88. The number of hydrogen-bond donors (Lipinski definition) is 1. The Balaban J connectivity index is 1.81. The molecule has 0 amide bonds. The fraction of sp³-hybridized carbons (Fsp3) is 1.00. The van der Waals surface area contributed by atoms with Crippen LogP contribution >= 0.6 is 11.8 Å². The van der Waals surface area contributed by atoms with Crippen molar-refractivity contribution in [1.82, 2.24) is 5.32 Å². The summed E-state index contributed by atoms with van der Waals surface area (Å²) in [5, 5.41) is 3.84. The molecular weight excluding hydrogens is 214 g/mol. The van der Waals surface area contributed by atoms with Gasteiger partial charge in [-0.25, -0.2) is 0 Å². The van der Waals surface area contributed by atoms with Crippen LogP contribution in [0.15, 0.2) is 0 Å². The Morgan fingerprint density at radius 2 is 1.94 bits per heavy atom. The lowest BCUT2D eigenvalue weighted by Crippen LogP contribution is -2.43. The molecule has 0 heterocycles. The van der Waals surface area contributed by atoms with Crippen LogP contribution in [0.3, 0.4) is 0 Å². The Morgan fingerprint density at radius 3 is 2.44 bits per heavy atom. The van der Waals surface area contributed by atoms with Crippen molar-refractivity contribution >= 4 is 11.8 Å². The first-order valence-corrected chi connectivity index (χ1v) is 7.96. The third-order valence-corrected chi connectivity index (χ3v) is 5.76. The first-order chi connectivity index (χ1) is 7.45. The van der Waals surface area contributed by atoms with Crippen molar-refractivity contribution in [3.63, 3.8) is 0 Å². The van der Waals surface area contributed by atoms with Gasteiger partial charge in [0.2, 0.25) is 0 Å². The van der Waals surface area contributed by atoms with Crippen LogP contribution in [-0.2, 0) is 0 Å². The zero-order chi connectivity index (χ0) is 11.8. The molecule has 2 aliphatic rings. The summed E-state index contributed by atoms with van der Waals surface area (Å²) >= 11 is 2.06. The van der Waals surface area contributed by atoms with Crippen LogP contribution in [0.4, 0.5) is 0 Å². The van der Waals surface area contributed by atoms with Crippen molar-refractivity contribution in [2.45, 2.75) is 63.7 Å². The Bertz CT molecular complexity index is 245. The highest BCUT2D eigenvalue weighted by molar-refractivity contribution is 8.00. The molecule has 2 rings (SSSR count). The average Bonchev–Trinajstić information content (AvgIpc) is 2.92. The van der Waals surface area contributed by atoms with Gasteiger partial charge in [0.05, 0.1) is 0 Å². The van der Waals surface area contributed by atoms with Crippen LogP contribution < -0.4 is 5.32 Å². The van der Waals surface area contributed by atoms with E-state index in [-0.39, 0.29) is 0 Å². The highest BCUT2D eigenvalue weighted by atomic mass is 32.2. The van der Waals surface area contributed by atoms with E-state index in [2.05, 4.69) is 44.1 Å². The molecule has 2 aliphatic carbocycles. The molecule has 2 fully saturated rings. The van der Waals surface area contributed by atoms with Crippen LogP contribution in [0.25, 0.3) is 0 Å². The molecule has 0 aromatic heterocycles. The lowest BCUT2D eigenvalue weighted by atomic mass is 9.70. The SMILES string of the molecule is CSC1(CNC2CC(C)CC(C)(C)C2)CC1. The molecule has 0 bridgehead atoms. The molecule has 0 aromatic carbocycles. The lowest BCUT2D eigenvalue weighted by molar-refractivity contribution is 0.151. The summed E-state index contributed by atoms with van der Waals surface area (Å²) in [7, 11) is 0. The summed E-state index contributed by atoms with van der Waals surface area (Å²) in [5.74, 6) is 0.894. The molecule has 2 saturated carbocycles. The van der Waals surface area contributed by atoms with Crippen molar-refractivity contribution in [3.05, 3.63) is 0 Å². The quantitative estimate of drug-likeness (QED) is 0.805. The largest absolute Gasteiger partial charge is 0.313 e. The summed E-state index contributed by atoms with van der Waals surface area (Å²) in [6.07, 6.45) is 9.26. The van der Waals surface area contributed by atoms with Crippen molar-refractivity contribution in [2.24, 2.45) is 11.3 Å². The van der Waals surface area contributed by atoms with Crippen LogP contribution in [0, 0.1) is 11.3 Å². The van der Waals surface area contributed by atoms with Gasteiger partial charge in [-0.15, -0.1) is 0 Å². The third kappa shape index (κ3) is 3.16. The maximum atomic E-state index is 3.84. The molecule has 1 N–H and O–H groups in total. The second kappa shape index (κ2) is 4.53. The van der Waals surface area contributed by atoms with Crippen molar-refractivity contribution in [3.8, 4) is 0 Å². The first-order valence-electron chi connectivity index (χ1n) is 6.73. The topological polar surface area (TPSA) is 12.0 Å². The summed E-state index contributed by atoms with van der Waals surface area (Å²) in [4.78, 5) is 0. The molecule has 0 spiro atoms. The fourth-order valence-electron chi connectivity index (χ4n) is 3.42. The predicted molar refractivity (Wildman–Crippen MR) is 74.1 cm³/mol. The van der Waals surface area contributed by atoms with Gasteiger partial charge >= 0.3 is 0 Å². The summed E-state index contributed by atoms with van der Waals surface area (Å²) in [6, 6.07) is 0.767. The van der Waals surface area contributed by atoms with E-state index in [0.29, 0.717) is 10.2 Å². The number of rotatable bonds is 4.